The van der Waals surface area contributed by atoms with Crippen molar-refractivity contribution in [2.75, 3.05) is 18.9 Å². The van der Waals surface area contributed by atoms with E-state index >= 15 is 0 Å². The van der Waals surface area contributed by atoms with Gasteiger partial charge >= 0.3 is 0 Å². The maximum atomic E-state index is 13.4. The van der Waals surface area contributed by atoms with E-state index in [2.05, 4.69) is 41.0 Å². The van der Waals surface area contributed by atoms with Crippen LogP contribution in [0.3, 0.4) is 0 Å². The number of rotatable bonds is 6. The van der Waals surface area contributed by atoms with Crippen molar-refractivity contribution in [2.24, 2.45) is 5.73 Å². The van der Waals surface area contributed by atoms with Crippen molar-refractivity contribution < 1.29 is 5.11 Å². The summed E-state index contributed by atoms with van der Waals surface area (Å²) in [4.78, 5) is 30.0. The van der Waals surface area contributed by atoms with Crippen LogP contribution in [0, 0.1) is 0 Å². The van der Waals surface area contributed by atoms with E-state index in [9.17, 15) is 9.90 Å². The third-order valence-electron chi connectivity index (χ3n) is 9.05. The van der Waals surface area contributed by atoms with Crippen molar-refractivity contribution >= 4 is 22.7 Å². The molecule has 1 aliphatic heterocycles. The lowest BCUT2D eigenvalue weighted by molar-refractivity contribution is 0.0306. The fourth-order valence-corrected chi connectivity index (χ4v) is 7.16. The van der Waals surface area contributed by atoms with Crippen molar-refractivity contribution in [2.45, 2.75) is 69.7 Å². The number of fused-ring (bicyclic) bond motifs is 2. The van der Waals surface area contributed by atoms with E-state index in [-0.39, 0.29) is 18.1 Å². The molecule has 3 aromatic heterocycles. The Labute approximate surface area is 238 Å². The Morgan fingerprint density at radius 2 is 2.07 bits per heavy atom. The maximum absolute atomic E-state index is 13.4. The summed E-state index contributed by atoms with van der Waals surface area (Å²) in [6.07, 6.45) is 7.11. The normalized spacial score (nSPS) is 23.4. The molecule has 10 nitrogen and oxygen atoms in total. The lowest BCUT2D eigenvalue weighted by Crippen LogP contribution is -2.39. The highest BCUT2D eigenvalue weighted by Crippen LogP contribution is 2.40. The van der Waals surface area contributed by atoms with Gasteiger partial charge in [-0.15, -0.1) is 6.58 Å². The molecule has 3 atom stereocenters. The van der Waals surface area contributed by atoms with E-state index in [1.165, 1.54) is 16.7 Å². The van der Waals surface area contributed by atoms with Crippen LogP contribution in [0.1, 0.15) is 60.1 Å². The highest BCUT2D eigenvalue weighted by atomic mass is 16.3. The number of anilines is 2. The van der Waals surface area contributed by atoms with Gasteiger partial charge in [0, 0.05) is 31.0 Å². The Kier molecular flexibility index (Phi) is 6.11. The van der Waals surface area contributed by atoms with Gasteiger partial charge in [-0.2, -0.15) is 4.98 Å². The molecule has 4 aromatic rings. The van der Waals surface area contributed by atoms with Gasteiger partial charge in [-0.05, 0) is 85.5 Å². The third kappa shape index (κ3) is 4.20. The number of benzene rings is 1. The van der Waals surface area contributed by atoms with Gasteiger partial charge in [0.15, 0.2) is 11.5 Å². The molecule has 4 N–H and O–H groups in total. The van der Waals surface area contributed by atoms with E-state index in [0.29, 0.717) is 47.3 Å². The van der Waals surface area contributed by atoms with Gasteiger partial charge in [-0.1, -0.05) is 19.1 Å². The molecular weight excluding hydrogens is 516 g/mol. The molecule has 0 spiro atoms. The SMILES string of the molecule is C=CCn1c(=O)c2cnc(Nc3cc4c5c(c3)CN(C)CC5CC(N)C4)nc2n1-c1ccc2c(n1)C(O)(CC)CC2. The number of hydrogen-bond acceptors (Lipinski definition) is 8. The van der Waals surface area contributed by atoms with Gasteiger partial charge in [0.2, 0.25) is 5.95 Å². The van der Waals surface area contributed by atoms with Crippen molar-refractivity contribution in [3.05, 3.63) is 81.4 Å². The number of likely N-dealkylation sites (N-methyl/N-ethyl adjacent to an activating group) is 1. The minimum Gasteiger partial charge on any atom is -0.384 e. The first-order valence-electron chi connectivity index (χ1n) is 14.5. The van der Waals surface area contributed by atoms with Crippen LogP contribution in [0.25, 0.3) is 16.9 Å². The largest absolute Gasteiger partial charge is 0.384 e. The zero-order valence-electron chi connectivity index (χ0n) is 23.6. The average Bonchev–Trinajstić information content (AvgIpc) is 3.42. The van der Waals surface area contributed by atoms with Gasteiger partial charge in [0.1, 0.15) is 11.0 Å². The molecule has 212 valence electrons. The second-order valence-electron chi connectivity index (χ2n) is 11.9. The summed E-state index contributed by atoms with van der Waals surface area (Å²) in [5, 5.41) is 15.0. The van der Waals surface area contributed by atoms with Crippen LogP contribution in [-0.2, 0) is 31.5 Å². The highest BCUT2D eigenvalue weighted by molar-refractivity contribution is 5.77. The summed E-state index contributed by atoms with van der Waals surface area (Å²) in [5.41, 5.74) is 12.4. The Morgan fingerprint density at radius 1 is 1.24 bits per heavy atom. The van der Waals surface area contributed by atoms with Crippen LogP contribution in [0.15, 0.2) is 47.9 Å². The van der Waals surface area contributed by atoms with Crippen LogP contribution < -0.4 is 16.6 Å². The van der Waals surface area contributed by atoms with Crippen molar-refractivity contribution in [1.29, 1.82) is 0 Å². The standard InChI is InChI=1S/C31H36N8O2/c1-4-10-38-29(40)24-15-33-30(34-23-13-19-11-22(32)12-20-16-37(3)17-21(14-23)26(19)20)36-28(24)39(38)25-7-6-18-8-9-31(41,5-2)27(18)35-25/h4,6-7,13-15,20,22,41H,1,5,8-12,16-17,32H2,2-3H3,(H,33,34,36). The summed E-state index contributed by atoms with van der Waals surface area (Å²) < 4.78 is 3.28. The molecule has 0 saturated heterocycles. The maximum Gasteiger partial charge on any atom is 0.278 e. The zero-order chi connectivity index (χ0) is 28.5. The molecule has 0 bridgehead atoms. The summed E-state index contributed by atoms with van der Waals surface area (Å²) in [6, 6.07) is 8.40. The molecule has 0 saturated carbocycles. The Balaban J connectivity index is 1.33. The number of aromatic nitrogens is 5. The van der Waals surface area contributed by atoms with Crippen LogP contribution >= 0.6 is 0 Å². The van der Waals surface area contributed by atoms with Gasteiger partial charge in [-0.3, -0.25) is 4.79 Å². The fourth-order valence-electron chi connectivity index (χ4n) is 7.16. The minimum absolute atomic E-state index is 0.152. The van der Waals surface area contributed by atoms with E-state index in [0.717, 1.165) is 43.6 Å². The number of pyridine rings is 1. The molecule has 0 radical (unpaired) electrons. The van der Waals surface area contributed by atoms with Gasteiger partial charge in [0.05, 0.1) is 12.2 Å². The number of nitrogens with one attached hydrogen (secondary N) is 1. The van der Waals surface area contributed by atoms with E-state index < -0.39 is 5.60 Å². The number of aryl methyl sites for hydroxylation is 1. The predicted molar refractivity (Wildman–Crippen MR) is 159 cm³/mol. The number of hydrogen-bond donors (Lipinski definition) is 3. The molecule has 4 heterocycles. The van der Waals surface area contributed by atoms with E-state index in [1.807, 2.05) is 19.1 Å². The van der Waals surface area contributed by atoms with Gasteiger partial charge in [0.25, 0.3) is 5.56 Å². The summed E-state index contributed by atoms with van der Waals surface area (Å²) in [7, 11) is 2.15. The molecule has 2 aliphatic carbocycles. The minimum atomic E-state index is -0.970. The number of nitrogens with zero attached hydrogens (tertiary/aromatic N) is 6. The van der Waals surface area contributed by atoms with Crippen molar-refractivity contribution in [3.8, 4) is 5.82 Å². The number of nitrogens with two attached hydrogens (primary N) is 1. The quantitative estimate of drug-likeness (QED) is 0.311. The average molecular weight is 553 g/mol. The molecule has 10 heteroatoms. The van der Waals surface area contributed by atoms with E-state index in [1.54, 1.807) is 21.6 Å². The van der Waals surface area contributed by atoms with Crippen molar-refractivity contribution in [3.63, 3.8) is 0 Å². The zero-order valence-corrected chi connectivity index (χ0v) is 23.6. The van der Waals surface area contributed by atoms with Gasteiger partial charge in [-0.25, -0.2) is 19.3 Å². The second kappa shape index (κ2) is 9.61. The number of allylic oxidation sites excluding steroid dienone is 1. The summed E-state index contributed by atoms with van der Waals surface area (Å²) in [6.45, 7) is 8.01. The topological polar surface area (TPSA) is 127 Å². The van der Waals surface area contributed by atoms with Crippen LogP contribution in [0.5, 0.6) is 0 Å². The molecule has 3 unspecified atom stereocenters. The fraction of sp³-hybridized carbons (Fsp3) is 0.419. The van der Waals surface area contributed by atoms with Crippen LogP contribution in [0.4, 0.5) is 11.6 Å². The van der Waals surface area contributed by atoms with Crippen LogP contribution in [0.2, 0.25) is 0 Å². The lowest BCUT2D eigenvalue weighted by atomic mass is 9.75. The first-order valence-corrected chi connectivity index (χ1v) is 14.5. The van der Waals surface area contributed by atoms with E-state index in [4.69, 9.17) is 15.7 Å². The first kappa shape index (κ1) is 26.1. The second-order valence-corrected chi connectivity index (χ2v) is 11.9. The predicted octanol–water partition coefficient (Wildman–Crippen LogP) is 3.25. The molecule has 3 aliphatic rings. The molecule has 7 rings (SSSR count). The molecule has 0 fully saturated rings. The van der Waals surface area contributed by atoms with Crippen molar-refractivity contribution in [1.82, 2.24) is 29.2 Å². The Bertz CT molecular complexity index is 1720. The summed E-state index contributed by atoms with van der Waals surface area (Å²) in [5.74, 6) is 1.38. The lowest BCUT2D eigenvalue weighted by Gasteiger charge is -2.39. The summed E-state index contributed by atoms with van der Waals surface area (Å²) >= 11 is 0. The third-order valence-corrected chi connectivity index (χ3v) is 9.05. The molecule has 1 aromatic carbocycles. The molecule has 0 amide bonds. The number of aliphatic hydroxyl groups is 1. The Morgan fingerprint density at radius 3 is 2.88 bits per heavy atom. The molecule has 41 heavy (non-hydrogen) atoms. The van der Waals surface area contributed by atoms with Gasteiger partial charge < -0.3 is 21.1 Å². The Hall–Kier alpha value is -3.86. The smallest absolute Gasteiger partial charge is 0.278 e. The highest BCUT2D eigenvalue weighted by Gasteiger charge is 2.37. The molecular formula is C31H36N8O2. The first-order chi connectivity index (χ1) is 19.8. The monoisotopic (exact) mass is 552 g/mol. The van der Waals surface area contributed by atoms with Crippen LogP contribution in [-0.4, -0.2) is 54.0 Å².